The van der Waals surface area contributed by atoms with E-state index in [1.165, 1.54) is 24.2 Å². The van der Waals surface area contributed by atoms with Gasteiger partial charge in [0.05, 0.1) is 6.61 Å². The molecule has 16 heavy (non-hydrogen) atoms. The van der Waals surface area contributed by atoms with Crippen LogP contribution >= 0.6 is 18.0 Å². The summed E-state index contributed by atoms with van der Waals surface area (Å²) in [5, 5.41) is 0. The molecule has 98 valence electrons. The Morgan fingerprint density at radius 1 is 1.12 bits per heavy atom. The van der Waals surface area contributed by atoms with E-state index in [1.54, 1.807) is 6.66 Å². The first-order valence-corrected chi connectivity index (χ1v) is 9.80. The zero-order valence-electron chi connectivity index (χ0n) is 11.1. The van der Waals surface area contributed by atoms with Gasteiger partial charge in [0.25, 0.3) is 6.57 Å². The van der Waals surface area contributed by atoms with E-state index in [9.17, 15) is 4.57 Å². The van der Waals surface area contributed by atoms with Crippen LogP contribution in [0, 0.1) is 0 Å². The second-order valence-electron chi connectivity index (χ2n) is 3.86. The second-order valence-corrected chi connectivity index (χ2v) is 9.10. The summed E-state index contributed by atoms with van der Waals surface area (Å²) in [4.78, 5) is 2.43. The molecule has 1 atom stereocenters. The van der Waals surface area contributed by atoms with Crippen molar-refractivity contribution in [2.24, 2.45) is 0 Å². The predicted molar refractivity (Wildman–Crippen MR) is 74.6 cm³/mol. The van der Waals surface area contributed by atoms with E-state index in [1.807, 2.05) is 6.92 Å². The fourth-order valence-electron chi connectivity index (χ4n) is 1.58. The highest BCUT2D eigenvalue weighted by molar-refractivity contribution is 8.56. The van der Waals surface area contributed by atoms with Crippen LogP contribution in [0.5, 0.6) is 0 Å². The Morgan fingerprint density at radius 2 is 1.69 bits per heavy atom. The topological polar surface area (TPSA) is 29.5 Å². The lowest BCUT2D eigenvalue weighted by Crippen LogP contribution is -2.27. The summed E-state index contributed by atoms with van der Waals surface area (Å²) in [6.45, 7) is 9.41. The average Bonchev–Trinajstić information content (AvgIpc) is 2.18. The number of rotatable bonds is 10. The maximum Gasteiger partial charge on any atom is 0.254 e. The fraction of sp³-hybridized carbons (Fsp3) is 1.00. The Labute approximate surface area is 105 Å². The Bertz CT molecular complexity index is 208. The standard InChI is InChI=1S/C11H26NO2PS/c1-5-8-12(9-6-2)10-11-16-15(4,13)14-7-3/h5-11H2,1-4H3. The van der Waals surface area contributed by atoms with Gasteiger partial charge in [-0.2, -0.15) is 0 Å². The summed E-state index contributed by atoms with van der Waals surface area (Å²) < 4.78 is 17.1. The minimum atomic E-state index is -2.40. The van der Waals surface area contributed by atoms with Crippen LogP contribution in [0.3, 0.4) is 0 Å². The Kier molecular flexibility index (Phi) is 9.82. The summed E-state index contributed by atoms with van der Waals surface area (Å²) in [5.74, 6) is 0.897. The van der Waals surface area contributed by atoms with Crippen molar-refractivity contribution in [2.75, 3.05) is 38.7 Å². The van der Waals surface area contributed by atoms with Gasteiger partial charge < -0.3 is 9.42 Å². The van der Waals surface area contributed by atoms with Crippen molar-refractivity contribution in [3.63, 3.8) is 0 Å². The first-order valence-electron chi connectivity index (χ1n) is 6.14. The first kappa shape index (κ1) is 16.5. The van der Waals surface area contributed by atoms with E-state index >= 15 is 0 Å². The van der Waals surface area contributed by atoms with Crippen LogP contribution in [0.15, 0.2) is 0 Å². The zero-order chi connectivity index (χ0) is 12.4. The lowest BCUT2D eigenvalue weighted by molar-refractivity contribution is 0.292. The first-order chi connectivity index (χ1) is 7.55. The Hall–Kier alpha value is 0.500. The van der Waals surface area contributed by atoms with Crippen LogP contribution in [0.25, 0.3) is 0 Å². The van der Waals surface area contributed by atoms with Crippen molar-refractivity contribution in [2.45, 2.75) is 33.6 Å². The quantitative estimate of drug-likeness (QED) is 0.564. The third-order valence-corrected chi connectivity index (χ3v) is 6.01. The summed E-state index contributed by atoms with van der Waals surface area (Å²) >= 11 is 1.48. The molecule has 1 unspecified atom stereocenters. The van der Waals surface area contributed by atoms with Crippen LogP contribution < -0.4 is 0 Å². The van der Waals surface area contributed by atoms with Gasteiger partial charge in [0.15, 0.2) is 0 Å². The molecule has 0 rings (SSSR count). The van der Waals surface area contributed by atoms with E-state index in [2.05, 4.69) is 18.7 Å². The molecule has 0 fully saturated rings. The van der Waals surface area contributed by atoms with Crippen molar-refractivity contribution in [1.82, 2.24) is 4.90 Å². The maximum absolute atomic E-state index is 11.8. The van der Waals surface area contributed by atoms with Crippen LogP contribution in [-0.2, 0) is 9.09 Å². The average molecular weight is 267 g/mol. The molecule has 0 bridgehead atoms. The Balaban J connectivity index is 3.79. The molecular formula is C11H26NO2PS. The van der Waals surface area contributed by atoms with Crippen molar-refractivity contribution in [3.8, 4) is 0 Å². The van der Waals surface area contributed by atoms with E-state index in [0.29, 0.717) is 6.61 Å². The summed E-state index contributed by atoms with van der Waals surface area (Å²) in [6.07, 6.45) is 2.36. The second kappa shape index (κ2) is 9.52. The molecular weight excluding hydrogens is 241 g/mol. The largest absolute Gasteiger partial charge is 0.322 e. The monoisotopic (exact) mass is 267 g/mol. The molecule has 0 radical (unpaired) electrons. The van der Waals surface area contributed by atoms with E-state index in [0.717, 1.165) is 25.4 Å². The van der Waals surface area contributed by atoms with Crippen LogP contribution in [-0.4, -0.2) is 43.6 Å². The molecule has 0 aliphatic rings. The normalized spacial score (nSPS) is 15.3. The van der Waals surface area contributed by atoms with Gasteiger partial charge in [-0.15, -0.1) is 0 Å². The summed E-state index contributed by atoms with van der Waals surface area (Å²) in [6, 6.07) is 0. The number of hydrogen-bond acceptors (Lipinski definition) is 4. The van der Waals surface area contributed by atoms with Crippen LogP contribution in [0.4, 0.5) is 0 Å². The van der Waals surface area contributed by atoms with Crippen molar-refractivity contribution >= 4 is 18.0 Å². The van der Waals surface area contributed by atoms with Gasteiger partial charge in [0, 0.05) is 19.0 Å². The summed E-state index contributed by atoms with van der Waals surface area (Å²) in [5.41, 5.74) is 0. The van der Waals surface area contributed by atoms with Crippen molar-refractivity contribution < 1.29 is 9.09 Å². The van der Waals surface area contributed by atoms with Gasteiger partial charge in [-0.25, -0.2) is 0 Å². The van der Waals surface area contributed by atoms with Crippen LogP contribution in [0.1, 0.15) is 33.6 Å². The fourth-order valence-corrected chi connectivity index (χ4v) is 4.57. The number of hydrogen-bond donors (Lipinski definition) is 0. The lowest BCUT2D eigenvalue weighted by atomic mass is 10.3. The molecule has 0 amide bonds. The van der Waals surface area contributed by atoms with Gasteiger partial charge >= 0.3 is 0 Å². The van der Waals surface area contributed by atoms with E-state index < -0.39 is 6.57 Å². The molecule has 0 spiro atoms. The molecule has 0 N–H and O–H groups in total. The SMILES string of the molecule is CCCN(CCC)CCSP(C)(=O)OCC. The van der Waals surface area contributed by atoms with Gasteiger partial charge in [0.2, 0.25) is 0 Å². The van der Waals surface area contributed by atoms with Gasteiger partial charge in [-0.3, -0.25) is 4.57 Å². The van der Waals surface area contributed by atoms with Gasteiger partial charge in [-0.05, 0) is 32.9 Å². The molecule has 0 aromatic heterocycles. The molecule has 0 aromatic carbocycles. The minimum absolute atomic E-state index is 0.536. The lowest BCUT2D eigenvalue weighted by Gasteiger charge is -2.21. The highest BCUT2D eigenvalue weighted by Gasteiger charge is 2.15. The van der Waals surface area contributed by atoms with Crippen molar-refractivity contribution in [3.05, 3.63) is 0 Å². The molecule has 0 aromatic rings. The smallest absolute Gasteiger partial charge is 0.254 e. The minimum Gasteiger partial charge on any atom is -0.322 e. The molecule has 0 aliphatic carbocycles. The molecule has 0 heterocycles. The molecule has 0 saturated heterocycles. The molecule has 0 saturated carbocycles. The predicted octanol–water partition coefficient (Wildman–Crippen LogP) is 3.70. The molecule has 0 aliphatic heterocycles. The Morgan fingerprint density at radius 3 is 2.12 bits per heavy atom. The number of nitrogens with zero attached hydrogens (tertiary/aromatic N) is 1. The third kappa shape index (κ3) is 8.63. The molecule has 5 heteroatoms. The highest BCUT2D eigenvalue weighted by Crippen LogP contribution is 2.55. The zero-order valence-corrected chi connectivity index (χ0v) is 12.8. The maximum atomic E-state index is 11.8. The van der Waals surface area contributed by atoms with Crippen molar-refractivity contribution in [1.29, 1.82) is 0 Å². The summed E-state index contributed by atoms with van der Waals surface area (Å²) in [7, 11) is 0. The van der Waals surface area contributed by atoms with Crippen LogP contribution in [0.2, 0.25) is 0 Å². The third-order valence-electron chi connectivity index (χ3n) is 2.18. The van der Waals surface area contributed by atoms with E-state index in [-0.39, 0.29) is 0 Å². The van der Waals surface area contributed by atoms with E-state index in [4.69, 9.17) is 4.52 Å². The van der Waals surface area contributed by atoms with Gasteiger partial charge in [0.1, 0.15) is 0 Å². The highest BCUT2D eigenvalue weighted by atomic mass is 32.7. The van der Waals surface area contributed by atoms with Gasteiger partial charge in [-0.1, -0.05) is 25.2 Å². The molecule has 3 nitrogen and oxygen atoms in total.